The number of aromatic nitrogens is 2. The molecular weight excluding hydrogens is 242 g/mol. The average Bonchev–Trinajstić information content (AvgIpc) is 2.41. The SMILES string of the molecule is CCNc1cncc(Oc2ccc(C)cc2OC)n1. The standard InChI is InChI=1S/C14H17N3O2/c1-4-16-13-8-15-9-14(17-13)19-11-6-5-10(2)7-12(11)18-3/h5-9H,4H2,1-3H3,(H,16,17). The maximum absolute atomic E-state index is 5.70. The molecule has 0 atom stereocenters. The highest BCUT2D eigenvalue weighted by Crippen LogP contribution is 2.31. The molecule has 1 aromatic carbocycles. The van der Waals surface area contributed by atoms with Gasteiger partial charge in [-0.05, 0) is 31.5 Å². The van der Waals surface area contributed by atoms with Gasteiger partial charge in [0.25, 0.3) is 0 Å². The van der Waals surface area contributed by atoms with Gasteiger partial charge in [0.05, 0.1) is 19.5 Å². The van der Waals surface area contributed by atoms with Crippen LogP contribution in [0.2, 0.25) is 0 Å². The number of nitrogens with zero attached hydrogens (tertiary/aromatic N) is 2. The molecule has 0 bridgehead atoms. The van der Waals surface area contributed by atoms with Crippen molar-refractivity contribution in [2.75, 3.05) is 19.0 Å². The number of hydrogen-bond donors (Lipinski definition) is 1. The minimum atomic E-state index is 0.431. The van der Waals surface area contributed by atoms with E-state index in [-0.39, 0.29) is 0 Å². The molecule has 1 N–H and O–H groups in total. The fourth-order valence-corrected chi connectivity index (χ4v) is 1.64. The number of benzene rings is 1. The zero-order valence-electron chi connectivity index (χ0n) is 11.3. The fourth-order valence-electron chi connectivity index (χ4n) is 1.64. The van der Waals surface area contributed by atoms with Crippen LogP contribution in [0, 0.1) is 6.92 Å². The summed E-state index contributed by atoms with van der Waals surface area (Å²) in [6.45, 7) is 4.78. The Morgan fingerprint density at radius 1 is 1.21 bits per heavy atom. The summed E-state index contributed by atoms with van der Waals surface area (Å²) in [4.78, 5) is 8.39. The average molecular weight is 259 g/mol. The Balaban J connectivity index is 2.23. The van der Waals surface area contributed by atoms with Gasteiger partial charge in [0.15, 0.2) is 11.5 Å². The molecule has 1 aromatic heterocycles. The third kappa shape index (κ3) is 3.34. The molecule has 19 heavy (non-hydrogen) atoms. The molecule has 2 rings (SSSR count). The van der Waals surface area contributed by atoms with Crippen LogP contribution in [0.5, 0.6) is 17.4 Å². The Hall–Kier alpha value is -2.30. The number of aryl methyl sites for hydroxylation is 1. The number of nitrogens with one attached hydrogen (secondary N) is 1. The van der Waals surface area contributed by atoms with Crippen LogP contribution in [0.1, 0.15) is 12.5 Å². The monoisotopic (exact) mass is 259 g/mol. The molecule has 5 nitrogen and oxygen atoms in total. The van der Waals surface area contributed by atoms with Gasteiger partial charge in [0.2, 0.25) is 5.88 Å². The van der Waals surface area contributed by atoms with E-state index >= 15 is 0 Å². The van der Waals surface area contributed by atoms with Gasteiger partial charge in [-0.25, -0.2) is 0 Å². The first-order valence-electron chi connectivity index (χ1n) is 6.11. The van der Waals surface area contributed by atoms with Crippen molar-refractivity contribution in [3.8, 4) is 17.4 Å². The Labute approximate surface area is 112 Å². The van der Waals surface area contributed by atoms with E-state index in [9.17, 15) is 0 Å². The van der Waals surface area contributed by atoms with Crippen LogP contribution in [0.4, 0.5) is 5.82 Å². The zero-order valence-corrected chi connectivity index (χ0v) is 11.3. The van der Waals surface area contributed by atoms with Gasteiger partial charge in [-0.1, -0.05) is 6.07 Å². The van der Waals surface area contributed by atoms with Gasteiger partial charge in [-0.15, -0.1) is 0 Å². The summed E-state index contributed by atoms with van der Waals surface area (Å²) in [6.07, 6.45) is 3.23. The van der Waals surface area contributed by atoms with Gasteiger partial charge in [0.1, 0.15) is 5.82 Å². The molecule has 0 aliphatic heterocycles. The third-order valence-corrected chi connectivity index (χ3v) is 2.50. The first kappa shape index (κ1) is 13.1. The molecule has 0 saturated heterocycles. The lowest BCUT2D eigenvalue weighted by atomic mass is 10.2. The topological polar surface area (TPSA) is 56.3 Å². The van der Waals surface area contributed by atoms with Crippen LogP contribution in [0.25, 0.3) is 0 Å². The summed E-state index contributed by atoms with van der Waals surface area (Å²) in [5, 5.41) is 3.09. The molecule has 0 radical (unpaired) electrons. The van der Waals surface area contributed by atoms with Crippen LogP contribution < -0.4 is 14.8 Å². The van der Waals surface area contributed by atoms with Crippen LogP contribution in [-0.2, 0) is 0 Å². The van der Waals surface area contributed by atoms with Crippen molar-refractivity contribution < 1.29 is 9.47 Å². The maximum atomic E-state index is 5.70. The van der Waals surface area contributed by atoms with Crippen molar-refractivity contribution in [1.82, 2.24) is 9.97 Å². The Bertz CT molecular complexity index is 558. The van der Waals surface area contributed by atoms with Crippen molar-refractivity contribution >= 4 is 5.82 Å². The molecule has 0 fully saturated rings. The molecule has 0 spiro atoms. The molecule has 0 aliphatic carbocycles. The molecular formula is C14H17N3O2. The maximum Gasteiger partial charge on any atom is 0.240 e. The molecule has 0 saturated carbocycles. The van der Waals surface area contributed by atoms with Crippen LogP contribution in [0.15, 0.2) is 30.6 Å². The normalized spacial score (nSPS) is 10.1. The molecule has 5 heteroatoms. The predicted octanol–water partition coefficient (Wildman–Crippen LogP) is 3.02. The van der Waals surface area contributed by atoms with E-state index in [1.807, 2.05) is 32.0 Å². The van der Waals surface area contributed by atoms with Crippen molar-refractivity contribution in [3.05, 3.63) is 36.2 Å². The largest absolute Gasteiger partial charge is 0.493 e. The zero-order chi connectivity index (χ0) is 13.7. The second-order valence-corrected chi connectivity index (χ2v) is 4.03. The molecule has 0 aliphatic rings. The predicted molar refractivity (Wildman–Crippen MR) is 74.0 cm³/mol. The molecule has 2 aromatic rings. The van der Waals surface area contributed by atoms with E-state index < -0.39 is 0 Å². The van der Waals surface area contributed by atoms with Crippen molar-refractivity contribution in [3.63, 3.8) is 0 Å². The highest BCUT2D eigenvalue weighted by Gasteiger charge is 2.07. The lowest BCUT2D eigenvalue weighted by Gasteiger charge is -2.10. The van der Waals surface area contributed by atoms with Gasteiger partial charge < -0.3 is 14.8 Å². The van der Waals surface area contributed by atoms with Gasteiger partial charge >= 0.3 is 0 Å². The minimum Gasteiger partial charge on any atom is -0.493 e. The Morgan fingerprint density at radius 2 is 2.05 bits per heavy atom. The minimum absolute atomic E-state index is 0.431. The second kappa shape index (κ2) is 6.04. The lowest BCUT2D eigenvalue weighted by Crippen LogP contribution is -2.01. The first-order chi connectivity index (χ1) is 9.22. The lowest BCUT2D eigenvalue weighted by molar-refractivity contribution is 0.373. The molecule has 1 heterocycles. The van der Waals surface area contributed by atoms with E-state index in [4.69, 9.17) is 9.47 Å². The van der Waals surface area contributed by atoms with Crippen molar-refractivity contribution in [1.29, 1.82) is 0 Å². The smallest absolute Gasteiger partial charge is 0.240 e. The van der Waals surface area contributed by atoms with Gasteiger partial charge in [-0.2, -0.15) is 4.98 Å². The van der Waals surface area contributed by atoms with Crippen molar-refractivity contribution in [2.45, 2.75) is 13.8 Å². The van der Waals surface area contributed by atoms with E-state index in [0.717, 1.165) is 12.1 Å². The quantitative estimate of drug-likeness (QED) is 0.894. The summed E-state index contributed by atoms with van der Waals surface area (Å²) < 4.78 is 11.0. The highest BCUT2D eigenvalue weighted by molar-refractivity contribution is 5.44. The summed E-state index contributed by atoms with van der Waals surface area (Å²) in [5.41, 5.74) is 1.11. The fraction of sp³-hybridized carbons (Fsp3) is 0.286. The van der Waals surface area contributed by atoms with Gasteiger partial charge in [0, 0.05) is 6.54 Å². The van der Waals surface area contributed by atoms with Gasteiger partial charge in [-0.3, -0.25) is 4.98 Å². The van der Waals surface area contributed by atoms with Crippen molar-refractivity contribution in [2.24, 2.45) is 0 Å². The Kier molecular flexibility index (Phi) is 4.18. The number of hydrogen-bond acceptors (Lipinski definition) is 5. The summed E-state index contributed by atoms with van der Waals surface area (Å²) in [7, 11) is 1.61. The number of ether oxygens (including phenoxy) is 2. The van der Waals surface area contributed by atoms with Crippen LogP contribution in [-0.4, -0.2) is 23.6 Å². The first-order valence-corrected chi connectivity index (χ1v) is 6.11. The molecule has 100 valence electrons. The highest BCUT2D eigenvalue weighted by atomic mass is 16.5. The summed E-state index contributed by atoms with van der Waals surface area (Å²) >= 11 is 0. The molecule has 0 amide bonds. The number of rotatable bonds is 5. The van der Waals surface area contributed by atoms with E-state index in [0.29, 0.717) is 23.2 Å². The van der Waals surface area contributed by atoms with Crippen LogP contribution >= 0.6 is 0 Å². The second-order valence-electron chi connectivity index (χ2n) is 4.03. The Morgan fingerprint density at radius 3 is 2.79 bits per heavy atom. The summed E-state index contributed by atoms with van der Waals surface area (Å²) in [6, 6.07) is 5.73. The number of methoxy groups -OCH3 is 1. The van der Waals surface area contributed by atoms with E-state index in [1.54, 1.807) is 19.5 Å². The number of anilines is 1. The third-order valence-electron chi connectivity index (χ3n) is 2.50. The molecule has 0 unspecified atom stereocenters. The van der Waals surface area contributed by atoms with E-state index in [2.05, 4.69) is 15.3 Å². The van der Waals surface area contributed by atoms with Crippen LogP contribution in [0.3, 0.4) is 0 Å². The van der Waals surface area contributed by atoms with E-state index in [1.165, 1.54) is 0 Å². The summed E-state index contributed by atoms with van der Waals surface area (Å²) in [5.74, 6) is 2.42.